The fourth-order valence-corrected chi connectivity index (χ4v) is 11.4. The summed E-state index contributed by atoms with van der Waals surface area (Å²) in [5.41, 5.74) is 0. The second-order valence-corrected chi connectivity index (χ2v) is 24.6. The van der Waals surface area contributed by atoms with Crippen LogP contribution in [0.3, 0.4) is 0 Å². The Morgan fingerprint density at radius 1 is 0.475 bits per heavy atom. The number of unbranched alkanes of at least 4 members (excludes halogenated alkanes) is 47. The summed E-state index contributed by atoms with van der Waals surface area (Å²) in [5.74, 6) is -1.17. The van der Waals surface area contributed by atoms with E-state index < -0.39 is 67.4 Å². The summed E-state index contributed by atoms with van der Waals surface area (Å²) in [6.07, 6.45) is 56.9. The third kappa shape index (κ3) is 44.9. The van der Waals surface area contributed by atoms with E-state index in [0.717, 1.165) is 57.8 Å². The molecule has 11 nitrogen and oxygen atoms in total. The minimum Gasteiger partial charge on any atom is -0.454 e. The summed E-state index contributed by atoms with van der Waals surface area (Å²) in [7, 11) is 0. The average molecular weight is 1140 g/mol. The van der Waals surface area contributed by atoms with Crippen molar-refractivity contribution in [1.29, 1.82) is 0 Å². The SMILES string of the molecule is CCCCCCCCCCCCC/C=C/C(O)C(COC1OC(CO)C(O)C(O)C1OC(=O)CCCCCCCCCCCCCCCCCCCCCCCCCCC)NC(=O)C(O)CCCCCCCCCCCCCCC. The average Bonchev–Trinajstić information content (AvgIpc) is 3.45. The van der Waals surface area contributed by atoms with Crippen molar-refractivity contribution >= 4 is 11.9 Å². The summed E-state index contributed by atoms with van der Waals surface area (Å²) in [5, 5.41) is 57.1. The number of amides is 1. The largest absolute Gasteiger partial charge is 0.454 e. The van der Waals surface area contributed by atoms with Crippen LogP contribution < -0.4 is 5.32 Å². The standard InChI is InChI=1S/C69H133NO10/c1-4-7-10-13-16-19-22-25-26-27-28-29-30-31-32-33-34-35-36-39-42-45-48-51-54-57-64(74)80-67-66(76)65(75)63(58-71)79-69(67)78-59-60(61(72)55-52-49-46-43-40-37-23-20-17-14-11-8-5-2)70-68(77)62(73)56-53-50-47-44-41-38-24-21-18-15-12-9-6-3/h52,55,60-63,65-67,69,71-73,75-76H,4-51,53-54,56-59H2,1-3H3,(H,70,77)/b55-52+. The normalized spacial score (nSPS) is 18.7. The number of aliphatic hydroxyl groups excluding tert-OH is 5. The van der Waals surface area contributed by atoms with E-state index in [1.165, 1.54) is 250 Å². The zero-order valence-corrected chi connectivity index (χ0v) is 52.7. The van der Waals surface area contributed by atoms with Crippen LogP contribution >= 0.6 is 0 Å². The van der Waals surface area contributed by atoms with Crippen LogP contribution in [0.5, 0.6) is 0 Å². The Labute approximate surface area is 493 Å². The predicted molar refractivity (Wildman–Crippen MR) is 334 cm³/mol. The molecule has 6 N–H and O–H groups in total. The second-order valence-electron chi connectivity index (χ2n) is 24.6. The van der Waals surface area contributed by atoms with Crippen molar-refractivity contribution in [3.05, 3.63) is 12.2 Å². The Hall–Kier alpha value is -1.60. The molecule has 0 aromatic heterocycles. The molecule has 0 bridgehead atoms. The summed E-state index contributed by atoms with van der Waals surface area (Å²) in [4.78, 5) is 26.6. The molecule has 0 aromatic rings. The van der Waals surface area contributed by atoms with E-state index >= 15 is 0 Å². The third-order valence-electron chi connectivity index (χ3n) is 16.9. The van der Waals surface area contributed by atoms with Crippen LogP contribution in [0, 0.1) is 0 Å². The van der Waals surface area contributed by atoms with Crippen LogP contribution in [0.15, 0.2) is 12.2 Å². The van der Waals surface area contributed by atoms with E-state index in [4.69, 9.17) is 14.2 Å². The van der Waals surface area contributed by atoms with Crippen molar-refractivity contribution < 1.29 is 49.3 Å². The van der Waals surface area contributed by atoms with Gasteiger partial charge in [-0.05, 0) is 25.7 Å². The molecule has 8 atom stereocenters. The van der Waals surface area contributed by atoms with Crippen molar-refractivity contribution in [2.45, 2.75) is 404 Å². The van der Waals surface area contributed by atoms with Gasteiger partial charge in [0.15, 0.2) is 12.4 Å². The van der Waals surface area contributed by atoms with Crippen molar-refractivity contribution in [3.8, 4) is 0 Å². The Morgan fingerprint density at radius 3 is 1.18 bits per heavy atom. The van der Waals surface area contributed by atoms with Crippen molar-refractivity contribution in [2.75, 3.05) is 13.2 Å². The topological polar surface area (TPSA) is 175 Å². The third-order valence-corrected chi connectivity index (χ3v) is 16.9. The van der Waals surface area contributed by atoms with Crippen LogP contribution in [-0.2, 0) is 23.8 Å². The van der Waals surface area contributed by atoms with Gasteiger partial charge in [0.05, 0.1) is 25.4 Å². The molecule has 1 saturated heterocycles. The molecule has 0 spiro atoms. The fraction of sp³-hybridized carbons (Fsp3) is 0.942. The maximum absolute atomic E-state index is 13.4. The Balaban J connectivity index is 2.54. The molecule has 1 heterocycles. The molecule has 0 aliphatic carbocycles. The van der Waals surface area contributed by atoms with E-state index in [-0.39, 0.29) is 13.0 Å². The molecule has 1 aliphatic rings. The highest BCUT2D eigenvalue weighted by Gasteiger charge is 2.47. The van der Waals surface area contributed by atoms with Gasteiger partial charge in [-0.15, -0.1) is 0 Å². The molecule has 8 unspecified atom stereocenters. The number of carbonyl (C=O) groups is 2. The predicted octanol–water partition coefficient (Wildman–Crippen LogP) is 17.5. The highest BCUT2D eigenvalue weighted by molar-refractivity contribution is 5.80. The van der Waals surface area contributed by atoms with Gasteiger partial charge in [-0.1, -0.05) is 335 Å². The van der Waals surface area contributed by atoms with Gasteiger partial charge in [0.2, 0.25) is 5.91 Å². The van der Waals surface area contributed by atoms with E-state index in [9.17, 15) is 35.1 Å². The summed E-state index contributed by atoms with van der Waals surface area (Å²) < 4.78 is 17.7. The Bertz CT molecular complexity index is 1350. The lowest BCUT2D eigenvalue weighted by atomic mass is 9.99. The molecule has 0 aromatic carbocycles. The molecule has 11 heteroatoms. The van der Waals surface area contributed by atoms with E-state index in [1.807, 2.05) is 6.08 Å². The maximum Gasteiger partial charge on any atom is 0.306 e. The number of nitrogens with one attached hydrogen (secondary N) is 1. The molecule has 1 amide bonds. The number of carbonyl (C=O) groups excluding carboxylic acids is 2. The highest BCUT2D eigenvalue weighted by atomic mass is 16.7. The molecule has 1 fully saturated rings. The number of allylic oxidation sites excluding steroid dienone is 1. The number of esters is 1. The van der Waals surface area contributed by atoms with Crippen molar-refractivity contribution in [3.63, 3.8) is 0 Å². The first kappa shape index (κ1) is 76.4. The summed E-state index contributed by atoms with van der Waals surface area (Å²) in [6, 6.07) is -1.02. The molecule has 80 heavy (non-hydrogen) atoms. The zero-order valence-electron chi connectivity index (χ0n) is 52.7. The van der Waals surface area contributed by atoms with Gasteiger partial charge in [-0.3, -0.25) is 9.59 Å². The number of rotatable bonds is 61. The van der Waals surface area contributed by atoms with Gasteiger partial charge < -0.3 is 45.1 Å². The van der Waals surface area contributed by atoms with Gasteiger partial charge in [0.25, 0.3) is 0 Å². The van der Waals surface area contributed by atoms with Crippen LogP contribution in [0.2, 0.25) is 0 Å². The van der Waals surface area contributed by atoms with Crippen LogP contribution in [0.25, 0.3) is 0 Å². The lowest BCUT2D eigenvalue weighted by Gasteiger charge is -2.41. The zero-order chi connectivity index (χ0) is 58.2. The molecular weight excluding hydrogens is 1000 g/mol. The minimum atomic E-state index is -1.61. The van der Waals surface area contributed by atoms with E-state index in [0.29, 0.717) is 19.3 Å². The van der Waals surface area contributed by atoms with Crippen LogP contribution in [-0.4, -0.2) is 99.6 Å². The first-order valence-corrected chi connectivity index (χ1v) is 35.0. The smallest absolute Gasteiger partial charge is 0.306 e. The van der Waals surface area contributed by atoms with E-state index in [1.54, 1.807) is 6.08 Å². The Kier molecular flexibility index (Phi) is 55.2. The second kappa shape index (κ2) is 57.8. The van der Waals surface area contributed by atoms with Gasteiger partial charge in [-0.25, -0.2) is 0 Å². The molecule has 0 saturated carbocycles. The molecule has 1 aliphatic heterocycles. The lowest BCUT2D eigenvalue weighted by molar-refractivity contribution is -0.305. The summed E-state index contributed by atoms with van der Waals surface area (Å²) in [6.45, 7) is 5.85. The monoisotopic (exact) mass is 1140 g/mol. The number of hydrogen-bond acceptors (Lipinski definition) is 10. The van der Waals surface area contributed by atoms with Gasteiger partial charge in [0, 0.05) is 6.42 Å². The first-order chi connectivity index (χ1) is 39.2. The molecular formula is C69H133NO10. The van der Waals surface area contributed by atoms with Gasteiger partial charge in [0.1, 0.15) is 24.4 Å². The fourth-order valence-electron chi connectivity index (χ4n) is 11.4. The van der Waals surface area contributed by atoms with Crippen LogP contribution in [0.1, 0.15) is 355 Å². The number of hydrogen-bond donors (Lipinski definition) is 6. The van der Waals surface area contributed by atoms with Gasteiger partial charge in [-0.2, -0.15) is 0 Å². The summed E-state index contributed by atoms with van der Waals surface area (Å²) >= 11 is 0. The molecule has 0 radical (unpaired) electrons. The van der Waals surface area contributed by atoms with Crippen LogP contribution in [0.4, 0.5) is 0 Å². The lowest BCUT2D eigenvalue weighted by Crippen LogP contribution is -2.61. The van der Waals surface area contributed by atoms with E-state index in [2.05, 4.69) is 26.1 Å². The van der Waals surface area contributed by atoms with Gasteiger partial charge >= 0.3 is 5.97 Å². The number of aliphatic hydroxyl groups is 5. The molecule has 1 rings (SSSR count). The minimum absolute atomic E-state index is 0.132. The number of ether oxygens (including phenoxy) is 3. The van der Waals surface area contributed by atoms with Crippen molar-refractivity contribution in [2.24, 2.45) is 0 Å². The first-order valence-electron chi connectivity index (χ1n) is 35.0. The highest BCUT2D eigenvalue weighted by Crippen LogP contribution is 2.26. The molecule has 474 valence electrons. The Morgan fingerprint density at radius 2 is 0.812 bits per heavy atom. The van der Waals surface area contributed by atoms with Crippen molar-refractivity contribution in [1.82, 2.24) is 5.32 Å². The maximum atomic E-state index is 13.4. The quantitative estimate of drug-likeness (QED) is 0.0195.